The molecule has 1 saturated heterocycles. The predicted molar refractivity (Wildman–Crippen MR) is 97.5 cm³/mol. The van der Waals surface area contributed by atoms with Crippen molar-refractivity contribution < 1.29 is 23.8 Å². The van der Waals surface area contributed by atoms with E-state index in [4.69, 9.17) is 14.2 Å². The molecule has 1 heterocycles. The highest BCUT2D eigenvalue weighted by Gasteiger charge is 2.24. The van der Waals surface area contributed by atoms with Gasteiger partial charge in [0, 0.05) is 19.7 Å². The number of hydrogen-bond donors (Lipinski definition) is 0. The molecule has 2 rings (SSSR count). The predicted octanol–water partition coefficient (Wildman–Crippen LogP) is 2.55. The Morgan fingerprint density at radius 2 is 2.04 bits per heavy atom. The number of carbonyl (C=O) groups excluding carboxylic acids is 2. The molecule has 0 saturated carbocycles. The van der Waals surface area contributed by atoms with Crippen LogP contribution in [0, 0.1) is 0 Å². The van der Waals surface area contributed by atoms with E-state index in [1.165, 1.54) is 7.11 Å². The van der Waals surface area contributed by atoms with E-state index in [0.29, 0.717) is 19.7 Å². The van der Waals surface area contributed by atoms with Crippen LogP contribution in [0.2, 0.25) is 0 Å². The van der Waals surface area contributed by atoms with Gasteiger partial charge >= 0.3 is 5.97 Å². The lowest BCUT2D eigenvalue weighted by atomic mass is 10.1. The van der Waals surface area contributed by atoms with Gasteiger partial charge in [0.25, 0.3) is 5.91 Å². The summed E-state index contributed by atoms with van der Waals surface area (Å²) in [7, 11) is 1.35. The van der Waals surface area contributed by atoms with Crippen molar-refractivity contribution in [3.63, 3.8) is 0 Å². The average Bonchev–Trinajstić information content (AvgIpc) is 2.70. The van der Waals surface area contributed by atoms with Crippen LogP contribution in [-0.4, -0.2) is 55.9 Å². The SMILES string of the molecule is COC(=O)CCN(Cc1ccccc1)C(=O)C(C)OCC1CCCCO1. The normalized spacial score (nSPS) is 18.2. The fourth-order valence-electron chi connectivity index (χ4n) is 2.92. The summed E-state index contributed by atoms with van der Waals surface area (Å²) >= 11 is 0. The van der Waals surface area contributed by atoms with Gasteiger partial charge in [0.1, 0.15) is 6.10 Å². The smallest absolute Gasteiger partial charge is 0.307 e. The zero-order chi connectivity index (χ0) is 18.8. The molecule has 1 aliphatic heterocycles. The van der Waals surface area contributed by atoms with Crippen LogP contribution in [-0.2, 0) is 30.3 Å². The van der Waals surface area contributed by atoms with Gasteiger partial charge in [0.05, 0.1) is 26.2 Å². The molecule has 1 fully saturated rings. The Morgan fingerprint density at radius 1 is 1.27 bits per heavy atom. The second-order valence-electron chi connectivity index (χ2n) is 6.54. The summed E-state index contributed by atoms with van der Waals surface area (Å²) in [5.74, 6) is -0.464. The standard InChI is InChI=1S/C20H29NO5/c1-16(26-15-18-10-6-7-13-25-18)20(23)21(12-11-19(22)24-2)14-17-8-4-3-5-9-17/h3-5,8-9,16,18H,6-7,10-15H2,1-2H3. The van der Waals surface area contributed by atoms with Crippen LogP contribution in [0.15, 0.2) is 30.3 Å². The van der Waals surface area contributed by atoms with Crippen LogP contribution >= 0.6 is 0 Å². The third-order valence-corrected chi connectivity index (χ3v) is 4.50. The van der Waals surface area contributed by atoms with Crippen LogP contribution in [0.5, 0.6) is 0 Å². The van der Waals surface area contributed by atoms with Crippen LogP contribution in [0.4, 0.5) is 0 Å². The summed E-state index contributed by atoms with van der Waals surface area (Å²) in [4.78, 5) is 26.0. The maximum Gasteiger partial charge on any atom is 0.307 e. The van der Waals surface area contributed by atoms with Crippen LogP contribution in [0.1, 0.15) is 38.2 Å². The van der Waals surface area contributed by atoms with Crippen molar-refractivity contribution in [2.24, 2.45) is 0 Å². The van der Waals surface area contributed by atoms with Crippen molar-refractivity contribution in [2.75, 3.05) is 26.9 Å². The highest BCUT2D eigenvalue weighted by atomic mass is 16.5. The summed E-state index contributed by atoms with van der Waals surface area (Å²) in [5, 5.41) is 0. The number of carbonyl (C=O) groups is 2. The zero-order valence-corrected chi connectivity index (χ0v) is 15.7. The summed E-state index contributed by atoms with van der Waals surface area (Å²) in [6.45, 7) is 3.67. The van der Waals surface area contributed by atoms with E-state index < -0.39 is 6.10 Å². The number of benzene rings is 1. The summed E-state index contributed by atoms with van der Waals surface area (Å²) in [6, 6.07) is 9.71. The van der Waals surface area contributed by atoms with Gasteiger partial charge in [-0.1, -0.05) is 30.3 Å². The van der Waals surface area contributed by atoms with Crippen molar-refractivity contribution in [2.45, 2.75) is 51.4 Å². The van der Waals surface area contributed by atoms with Gasteiger partial charge in [-0.25, -0.2) is 0 Å². The van der Waals surface area contributed by atoms with Gasteiger partial charge in [0.15, 0.2) is 0 Å². The molecule has 0 N–H and O–H groups in total. The molecule has 0 spiro atoms. The number of hydrogen-bond acceptors (Lipinski definition) is 5. The highest BCUT2D eigenvalue weighted by Crippen LogP contribution is 2.14. The molecule has 26 heavy (non-hydrogen) atoms. The lowest BCUT2D eigenvalue weighted by Crippen LogP contribution is -2.41. The first-order valence-electron chi connectivity index (χ1n) is 9.23. The highest BCUT2D eigenvalue weighted by molar-refractivity contribution is 5.81. The molecule has 0 aromatic heterocycles. The van der Waals surface area contributed by atoms with E-state index in [-0.39, 0.29) is 24.4 Å². The molecule has 1 aromatic rings. The second-order valence-corrected chi connectivity index (χ2v) is 6.54. The monoisotopic (exact) mass is 363 g/mol. The zero-order valence-electron chi connectivity index (χ0n) is 15.7. The Bertz CT molecular complexity index is 557. The van der Waals surface area contributed by atoms with E-state index in [1.54, 1.807) is 11.8 Å². The Hall–Kier alpha value is -1.92. The van der Waals surface area contributed by atoms with E-state index in [1.807, 2.05) is 30.3 Å². The van der Waals surface area contributed by atoms with Crippen LogP contribution in [0.3, 0.4) is 0 Å². The van der Waals surface area contributed by atoms with E-state index in [9.17, 15) is 9.59 Å². The molecule has 0 radical (unpaired) electrons. The molecule has 2 unspecified atom stereocenters. The quantitative estimate of drug-likeness (QED) is 0.631. The maximum absolute atomic E-state index is 12.8. The number of rotatable bonds is 9. The van der Waals surface area contributed by atoms with Crippen molar-refractivity contribution in [3.8, 4) is 0 Å². The minimum absolute atomic E-state index is 0.0663. The van der Waals surface area contributed by atoms with Gasteiger partial charge in [-0.15, -0.1) is 0 Å². The molecule has 0 aliphatic carbocycles. The minimum Gasteiger partial charge on any atom is -0.469 e. The number of amides is 1. The Kier molecular flexibility index (Phi) is 8.58. The van der Waals surface area contributed by atoms with Crippen molar-refractivity contribution in [1.82, 2.24) is 4.90 Å². The van der Waals surface area contributed by atoms with E-state index >= 15 is 0 Å². The molecule has 1 aliphatic rings. The topological polar surface area (TPSA) is 65.1 Å². The Labute approximate surface area is 155 Å². The lowest BCUT2D eigenvalue weighted by Gasteiger charge is -2.28. The van der Waals surface area contributed by atoms with Gasteiger partial charge in [-0.2, -0.15) is 0 Å². The first kappa shape index (κ1) is 20.4. The van der Waals surface area contributed by atoms with Gasteiger partial charge in [0.2, 0.25) is 0 Å². The average molecular weight is 363 g/mol. The summed E-state index contributed by atoms with van der Waals surface area (Å²) < 4.78 is 16.1. The largest absolute Gasteiger partial charge is 0.469 e. The molecule has 2 atom stereocenters. The molecule has 6 heteroatoms. The molecule has 144 valence electrons. The van der Waals surface area contributed by atoms with E-state index in [2.05, 4.69) is 0 Å². The van der Waals surface area contributed by atoms with Gasteiger partial charge in [-0.05, 0) is 31.7 Å². The fourth-order valence-corrected chi connectivity index (χ4v) is 2.92. The molecule has 0 bridgehead atoms. The number of nitrogens with zero attached hydrogens (tertiary/aromatic N) is 1. The maximum atomic E-state index is 12.8. The van der Waals surface area contributed by atoms with Crippen molar-refractivity contribution in [1.29, 1.82) is 0 Å². The summed E-state index contributed by atoms with van der Waals surface area (Å²) in [6.07, 6.45) is 2.84. The lowest BCUT2D eigenvalue weighted by molar-refractivity contribution is -0.148. The van der Waals surface area contributed by atoms with Crippen LogP contribution < -0.4 is 0 Å². The summed E-state index contributed by atoms with van der Waals surface area (Å²) in [5.41, 5.74) is 1.01. The number of methoxy groups -OCH3 is 1. The van der Waals surface area contributed by atoms with Crippen molar-refractivity contribution >= 4 is 11.9 Å². The van der Waals surface area contributed by atoms with Crippen LogP contribution in [0.25, 0.3) is 0 Å². The second kappa shape index (κ2) is 10.9. The molecule has 1 aromatic carbocycles. The van der Waals surface area contributed by atoms with E-state index in [0.717, 1.165) is 31.4 Å². The van der Waals surface area contributed by atoms with Crippen molar-refractivity contribution in [3.05, 3.63) is 35.9 Å². The minimum atomic E-state index is -0.582. The number of ether oxygens (including phenoxy) is 3. The molecular weight excluding hydrogens is 334 g/mol. The molecular formula is C20H29NO5. The fraction of sp³-hybridized carbons (Fsp3) is 0.600. The molecule has 6 nitrogen and oxygen atoms in total. The van der Waals surface area contributed by atoms with Gasteiger partial charge in [-0.3, -0.25) is 9.59 Å². The van der Waals surface area contributed by atoms with Gasteiger partial charge < -0.3 is 19.1 Å². The Morgan fingerprint density at radius 3 is 2.69 bits per heavy atom. The third kappa shape index (κ3) is 6.77. The molecule has 1 amide bonds. The number of esters is 1. The first-order valence-corrected chi connectivity index (χ1v) is 9.23. The first-order chi connectivity index (χ1) is 12.6. The Balaban J connectivity index is 1.92. The third-order valence-electron chi connectivity index (χ3n) is 4.50.